The van der Waals surface area contributed by atoms with Crippen molar-refractivity contribution in [1.82, 2.24) is 10.6 Å². The Bertz CT molecular complexity index is 479. The minimum atomic E-state index is -0.419. The van der Waals surface area contributed by atoms with E-state index < -0.39 is 5.82 Å². The second kappa shape index (κ2) is 8.46. The lowest BCUT2D eigenvalue weighted by Crippen LogP contribution is -2.33. The van der Waals surface area contributed by atoms with Crippen molar-refractivity contribution in [2.24, 2.45) is 0 Å². The van der Waals surface area contributed by atoms with Crippen LogP contribution in [0.1, 0.15) is 29.6 Å². The fourth-order valence-electron chi connectivity index (χ4n) is 2.25. The van der Waals surface area contributed by atoms with E-state index in [-0.39, 0.29) is 5.91 Å². The number of carbonyl (C=O) groups excluding carboxylic acids is 1. The highest BCUT2D eigenvalue weighted by molar-refractivity contribution is 9.10. The van der Waals surface area contributed by atoms with E-state index in [1.165, 1.54) is 18.2 Å². The molecule has 1 aromatic rings. The summed E-state index contributed by atoms with van der Waals surface area (Å²) < 4.78 is 19.5. The van der Waals surface area contributed by atoms with Gasteiger partial charge in [0, 0.05) is 17.6 Å². The van der Waals surface area contributed by atoms with Crippen LogP contribution < -0.4 is 10.6 Å². The molecule has 0 unspecified atom stereocenters. The molecule has 1 saturated heterocycles. The third-order valence-corrected chi connectivity index (χ3v) is 4.11. The first kappa shape index (κ1) is 16.4. The summed E-state index contributed by atoms with van der Waals surface area (Å²) in [6, 6.07) is 4.07. The number of carbonyl (C=O) groups is 1. The van der Waals surface area contributed by atoms with Crippen LogP contribution in [-0.4, -0.2) is 38.3 Å². The van der Waals surface area contributed by atoms with E-state index in [1.807, 2.05) is 0 Å². The predicted molar refractivity (Wildman–Crippen MR) is 82.9 cm³/mol. The van der Waals surface area contributed by atoms with E-state index in [9.17, 15) is 9.18 Å². The molecule has 1 fully saturated rings. The van der Waals surface area contributed by atoms with Gasteiger partial charge in [-0.05, 0) is 66.5 Å². The van der Waals surface area contributed by atoms with Crippen LogP contribution >= 0.6 is 15.9 Å². The van der Waals surface area contributed by atoms with Gasteiger partial charge in [0.25, 0.3) is 5.91 Å². The van der Waals surface area contributed by atoms with Crippen molar-refractivity contribution >= 4 is 21.8 Å². The molecule has 0 radical (unpaired) electrons. The van der Waals surface area contributed by atoms with Gasteiger partial charge in [0.2, 0.25) is 0 Å². The van der Waals surface area contributed by atoms with Crippen LogP contribution in [0.3, 0.4) is 0 Å². The summed E-state index contributed by atoms with van der Waals surface area (Å²) in [5.74, 6) is -0.694. The van der Waals surface area contributed by atoms with Gasteiger partial charge >= 0.3 is 0 Å². The Balaban J connectivity index is 1.66. The molecule has 0 spiro atoms. The Morgan fingerprint density at radius 2 is 2.19 bits per heavy atom. The Kier molecular flexibility index (Phi) is 6.60. The molecule has 1 heterocycles. The molecule has 1 amide bonds. The van der Waals surface area contributed by atoms with E-state index in [0.717, 1.165) is 32.4 Å². The molecule has 0 atom stereocenters. The summed E-state index contributed by atoms with van der Waals surface area (Å²) in [7, 11) is 0. The summed E-state index contributed by atoms with van der Waals surface area (Å²) in [6.45, 7) is 3.17. The third-order valence-electron chi connectivity index (χ3n) is 3.42. The average Bonchev–Trinajstić information content (AvgIpc) is 2.50. The molecule has 116 valence electrons. The van der Waals surface area contributed by atoms with Gasteiger partial charge in [-0.1, -0.05) is 0 Å². The molecule has 0 aliphatic carbocycles. The highest BCUT2D eigenvalue weighted by Gasteiger charge is 2.13. The first-order valence-electron chi connectivity index (χ1n) is 7.22. The van der Waals surface area contributed by atoms with Crippen LogP contribution in [-0.2, 0) is 4.74 Å². The molecular formula is C15H20BrFN2O2. The molecule has 21 heavy (non-hydrogen) atoms. The highest BCUT2D eigenvalue weighted by Crippen LogP contribution is 2.17. The standard InChI is InChI=1S/C15H20BrFN2O2/c16-14-3-2-11(17)10-13(14)15(20)19-6-1-9-21-12-4-7-18-8-5-12/h2-3,10,12,18H,1,4-9H2,(H,19,20). The predicted octanol–water partition coefficient (Wildman–Crippen LogP) is 2.48. The van der Waals surface area contributed by atoms with E-state index in [1.54, 1.807) is 0 Å². The molecule has 1 aliphatic rings. The number of ether oxygens (including phenoxy) is 1. The fourth-order valence-corrected chi connectivity index (χ4v) is 2.68. The molecule has 1 aromatic carbocycles. The van der Waals surface area contributed by atoms with E-state index in [4.69, 9.17) is 4.74 Å². The number of hydrogen-bond acceptors (Lipinski definition) is 3. The molecule has 0 aromatic heterocycles. The Morgan fingerprint density at radius 1 is 1.43 bits per heavy atom. The maximum absolute atomic E-state index is 13.1. The molecular weight excluding hydrogens is 339 g/mol. The van der Waals surface area contributed by atoms with Crippen molar-refractivity contribution in [3.05, 3.63) is 34.1 Å². The number of amides is 1. The van der Waals surface area contributed by atoms with Crippen LogP contribution in [0.4, 0.5) is 4.39 Å². The zero-order valence-electron chi connectivity index (χ0n) is 11.8. The van der Waals surface area contributed by atoms with Crippen molar-refractivity contribution in [2.45, 2.75) is 25.4 Å². The van der Waals surface area contributed by atoms with Crippen LogP contribution in [0, 0.1) is 5.82 Å². The summed E-state index contributed by atoms with van der Waals surface area (Å²) >= 11 is 3.25. The van der Waals surface area contributed by atoms with Crippen molar-refractivity contribution in [3.8, 4) is 0 Å². The molecule has 0 saturated carbocycles. The number of halogens is 2. The smallest absolute Gasteiger partial charge is 0.252 e. The summed E-state index contributed by atoms with van der Waals surface area (Å²) in [5.41, 5.74) is 0.314. The number of rotatable bonds is 6. The van der Waals surface area contributed by atoms with E-state index in [2.05, 4.69) is 26.6 Å². The minimum Gasteiger partial charge on any atom is -0.378 e. The largest absolute Gasteiger partial charge is 0.378 e. The third kappa shape index (κ3) is 5.37. The van der Waals surface area contributed by atoms with Gasteiger partial charge in [0.05, 0.1) is 11.7 Å². The summed E-state index contributed by atoms with van der Waals surface area (Å²) in [6.07, 6.45) is 3.17. The SMILES string of the molecule is O=C(NCCCOC1CCNCC1)c1cc(F)ccc1Br. The van der Waals surface area contributed by atoms with Crippen molar-refractivity contribution < 1.29 is 13.9 Å². The second-order valence-electron chi connectivity index (χ2n) is 5.05. The van der Waals surface area contributed by atoms with Gasteiger partial charge in [-0.2, -0.15) is 0 Å². The van der Waals surface area contributed by atoms with Crippen LogP contribution in [0.25, 0.3) is 0 Å². The second-order valence-corrected chi connectivity index (χ2v) is 5.91. The van der Waals surface area contributed by atoms with Crippen molar-refractivity contribution in [1.29, 1.82) is 0 Å². The highest BCUT2D eigenvalue weighted by atomic mass is 79.9. The maximum atomic E-state index is 13.1. The number of nitrogens with one attached hydrogen (secondary N) is 2. The number of hydrogen-bond donors (Lipinski definition) is 2. The van der Waals surface area contributed by atoms with E-state index >= 15 is 0 Å². The Morgan fingerprint density at radius 3 is 2.95 bits per heavy atom. The Hall–Kier alpha value is -0.980. The average molecular weight is 359 g/mol. The zero-order chi connectivity index (χ0) is 15.1. The molecule has 1 aliphatic heterocycles. The molecule has 4 nitrogen and oxygen atoms in total. The first-order chi connectivity index (χ1) is 10.2. The van der Waals surface area contributed by atoms with Gasteiger partial charge in [0.1, 0.15) is 5.82 Å². The zero-order valence-corrected chi connectivity index (χ0v) is 13.4. The van der Waals surface area contributed by atoms with Gasteiger partial charge < -0.3 is 15.4 Å². The first-order valence-corrected chi connectivity index (χ1v) is 8.01. The van der Waals surface area contributed by atoms with E-state index in [0.29, 0.717) is 29.3 Å². The fraction of sp³-hybridized carbons (Fsp3) is 0.533. The lowest BCUT2D eigenvalue weighted by Gasteiger charge is -2.22. The molecule has 0 bridgehead atoms. The summed E-state index contributed by atoms with van der Waals surface area (Å²) in [5, 5.41) is 6.06. The van der Waals surface area contributed by atoms with Crippen LogP contribution in [0.5, 0.6) is 0 Å². The van der Waals surface area contributed by atoms with Crippen LogP contribution in [0.15, 0.2) is 22.7 Å². The maximum Gasteiger partial charge on any atom is 0.252 e. The molecule has 2 rings (SSSR count). The molecule has 2 N–H and O–H groups in total. The number of piperidine rings is 1. The number of benzene rings is 1. The van der Waals surface area contributed by atoms with Crippen molar-refractivity contribution in [2.75, 3.05) is 26.2 Å². The minimum absolute atomic E-state index is 0.275. The van der Waals surface area contributed by atoms with Crippen molar-refractivity contribution in [3.63, 3.8) is 0 Å². The topological polar surface area (TPSA) is 50.4 Å². The van der Waals surface area contributed by atoms with Gasteiger partial charge in [-0.15, -0.1) is 0 Å². The normalized spacial score (nSPS) is 15.9. The lowest BCUT2D eigenvalue weighted by atomic mass is 10.1. The monoisotopic (exact) mass is 358 g/mol. The molecule has 6 heteroatoms. The van der Waals surface area contributed by atoms with Gasteiger partial charge in [-0.25, -0.2) is 4.39 Å². The lowest BCUT2D eigenvalue weighted by molar-refractivity contribution is 0.0318. The van der Waals surface area contributed by atoms with Gasteiger partial charge in [0.15, 0.2) is 0 Å². The summed E-state index contributed by atoms with van der Waals surface area (Å²) in [4.78, 5) is 11.9. The van der Waals surface area contributed by atoms with Crippen LogP contribution in [0.2, 0.25) is 0 Å². The quantitative estimate of drug-likeness (QED) is 0.768. The van der Waals surface area contributed by atoms with Gasteiger partial charge in [-0.3, -0.25) is 4.79 Å². The Labute approximate surface area is 132 Å².